The van der Waals surface area contributed by atoms with Crippen molar-refractivity contribution in [1.29, 1.82) is 0 Å². The van der Waals surface area contributed by atoms with Gasteiger partial charge in [-0.2, -0.15) is 9.97 Å². The maximum absolute atomic E-state index is 5.74. The first-order valence-electron chi connectivity index (χ1n) is 6.84. The van der Waals surface area contributed by atoms with E-state index in [2.05, 4.69) is 52.0 Å². The topological polar surface area (TPSA) is 75.9 Å². The van der Waals surface area contributed by atoms with Gasteiger partial charge in [-0.15, -0.1) is 11.3 Å². The van der Waals surface area contributed by atoms with Crippen LogP contribution >= 0.6 is 11.3 Å². The van der Waals surface area contributed by atoms with E-state index in [0.29, 0.717) is 6.04 Å². The number of hydrogen-bond acceptors (Lipinski definition) is 6. The van der Waals surface area contributed by atoms with Gasteiger partial charge in [-0.3, -0.25) is 0 Å². The molecule has 0 bridgehead atoms. The second-order valence-corrected chi connectivity index (χ2v) is 5.78. The molecule has 20 heavy (non-hydrogen) atoms. The lowest BCUT2D eigenvalue weighted by Gasteiger charge is -2.15. The van der Waals surface area contributed by atoms with Gasteiger partial charge < -0.3 is 16.4 Å². The zero-order chi connectivity index (χ0) is 14.4. The lowest BCUT2D eigenvalue weighted by molar-refractivity contribution is 0.794. The van der Waals surface area contributed by atoms with E-state index in [4.69, 9.17) is 5.73 Å². The normalized spacial score (nSPS) is 12.1. The molecule has 108 valence electrons. The van der Waals surface area contributed by atoms with Crippen LogP contribution in [0.25, 0.3) is 0 Å². The summed E-state index contributed by atoms with van der Waals surface area (Å²) in [7, 11) is 0. The van der Waals surface area contributed by atoms with Gasteiger partial charge in [0, 0.05) is 30.0 Å². The van der Waals surface area contributed by atoms with Crippen molar-refractivity contribution in [2.24, 2.45) is 0 Å². The summed E-state index contributed by atoms with van der Waals surface area (Å²) < 4.78 is 0. The number of anilines is 3. The number of nitrogens with zero attached hydrogens (tertiary/aromatic N) is 2. The molecule has 1 atom stereocenters. The van der Waals surface area contributed by atoms with Crippen molar-refractivity contribution in [2.75, 3.05) is 22.9 Å². The number of hydrogen-bond donors (Lipinski definition) is 3. The Bertz CT molecular complexity index is 526. The molecule has 1 unspecified atom stereocenters. The number of nitrogens with two attached hydrogens (primary N) is 1. The second kappa shape index (κ2) is 7.09. The quantitative estimate of drug-likeness (QED) is 0.731. The van der Waals surface area contributed by atoms with Crippen LogP contribution in [0.5, 0.6) is 0 Å². The van der Waals surface area contributed by atoms with E-state index in [9.17, 15) is 0 Å². The van der Waals surface area contributed by atoms with E-state index in [-0.39, 0.29) is 5.95 Å². The summed E-state index contributed by atoms with van der Waals surface area (Å²) in [6, 6.07) is 6.41. The molecule has 2 aromatic rings. The molecule has 0 aliphatic heterocycles. The Balaban J connectivity index is 1.98. The molecule has 2 heterocycles. The molecule has 0 aromatic carbocycles. The molecule has 2 aromatic heterocycles. The molecule has 6 heteroatoms. The number of nitrogen functional groups attached to an aromatic ring is 1. The monoisotopic (exact) mass is 291 g/mol. The highest BCUT2D eigenvalue weighted by Gasteiger charge is 2.07. The minimum absolute atomic E-state index is 0.289. The molecule has 0 radical (unpaired) electrons. The fourth-order valence-electron chi connectivity index (χ4n) is 1.92. The molecular formula is C14H21N5S. The fourth-order valence-corrected chi connectivity index (χ4v) is 2.75. The summed E-state index contributed by atoms with van der Waals surface area (Å²) in [5.74, 6) is 1.82. The third kappa shape index (κ3) is 4.38. The van der Waals surface area contributed by atoms with E-state index in [0.717, 1.165) is 31.0 Å². The second-order valence-electron chi connectivity index (χ2n) is 4.75. The van der Waals surface area contributed by atoms with Gasteiger partial charge in [0.25, 0.3) is 0 Å². The Morgan fingerprint density at radius 2 is 2.15 bits per heavy atom. The summed E-state index contributed by atoms with van der Waals surface area (Å²) in [6.45, 7) is 5.12. The maximum atomic E-state index is 5.74. The van der Waals surface area contributed by atoms with Crippen LogP contribution in [0.15, 0.2) is 23.6 Å². The summed E-state index contributed by atoms with van der Waals surface area (Å²) in [5, 5.41) is 8.69. The molecule has 2 rings (SSSR count). The average Bonchev–Trinajstić information content (AvgIpc) is 2.88. The Morgan fingerprint density at radius 3 is 2.85 bits per heavy atom. The van der Waals surface area contributed by atoms with Crippen molar-refractivity contribution in [3.8, 4) is 0 Å². The van der Waals surface area contributed by atoms with Crippen LogP contribution < -0.4 is 16.4 Å². The highest BCUT2D eigenvalue weighted by Crippen LogP contribution is 2.16. The van der Waals surface area contributed by atoms with Gasteiger partial charge in [-0.25, -0.2) is 0 Å². The largest absolute Gasteiger partial charge is 0.370 e. The summed E-state index contributed by atoms with van der Waals surface area (Å²) >= 11 is 1.77. The number of thiophene rings is 1. The Morgan fingerprint density at radius 1 is 1.35 bits per heavy atom. The minimum atomic E-state index is 0.289. The average molecular weight is 291 g/mol. The highest BCUT2D eigenvalue weighted by atomic mass is 32.1. The van der Waals surface area contributed by atoms with Crippen molar-refractivity contribution >= 4 is 28.9 Å². The van der Waals surface area contributed by atoms with Crippen LogP contribution in [0, 0.1) is 0 Å². The maximum Gasteiger partial charge on any atom is 0.223 e. The van der Waals surface area contributed by atoms with Gasteiger partial charge in [0.2, 0.25) is 5.95 Å². The van der Waals surface area contributed by atoms with Gasteiger partial charge in [0.1, 0.15) is 11.6 Å². The first kappa shape index (κ1) is 14.6. The van der Waals surface area contributed by atoms with Crippen molar-refractivity contribution in [1.82, 2.24) is 9.97 Å². The molecule has 0 spiro atoms. The lowest BCUT2D eigenvalue weighted by atomic mass is 10.2. The van der Waals surface area contributed by atoms with Gasteiger partial charge in [0.15, 0.2) is 0 Å². The molecule has 0 aliphatic rings. The van der Waals surface area contributed by atoms with Crippen molar-refractivity contribution in [3.63, 3.8) is 0 Å². The van der Waals surface area contributed by atoms with Gasteiger partial charge in [-0.05, 0) is 24.8 Å². The molecular weight excluding hydrogens is 270 g/mol. The lowest BCUT2D eigenvalue weighted by Crippen LogP contribution is -2.19. The standard InChI is InChI=1S/C14H21N5S/c1-3-6-16-12-9-13(19-14(15)18-12)17-10(2)8-11-5-4-7-20-11/h4-5,7,9-10H,3,6,8H2,1-2H3,(H4,15,16,17,18,19). The molecule has 0 fully saturated rings. The molecule has 5 nitrogen and oxygen atoms in total. The van der Waals surface area contributed by atoms with Crippen LogP contribution in [0.2, 0.25) is 0 Å². The highest BCUT2D eigenvalue weighted by molar-refractivity contribution is 7.09. The third-order valence-corrected chi connectivity index (χ3v) is 3.68. The number of rotatable bonds is 7. The van der Waals surface area contributed by atoms with Crippen LogP contribution in [0.3, 0.4) is 0 Å². The Kier molecular flexibility index (Phi) is 5.17. The number of aromatic nitrogens is 2. The van der Waals surface area contributed by atoms with Crippen LogP contribution in [-0.2, 0) is 6.42 Å². The molecule has 0 saturated heterocycles. The fraction of sp³-hybridized carbons (Fsp3) is 0.429. The summed E-state index contributed by atoms with van der Waals surface area (Å²) in [6.07, 6.45) is 2.01. The third-order valence-electron chi connectivity index (χ3n) is 2.78. The molecule has 4 N–H and O–H groups in total. The summed E-state index contributed by atoms with van der Waals surface area (Å²) in [4.78, 5) is 9.76. The van der Waals surface area contributed by atoms with Gasteiger partial charge >= 0.3 is 0 Å². The van der Waals surface area contributed by atoms with E-state index in [1.54, 1.807) is 11.3 Å². The molecule has 0 saturated carbocycles. The Labute approximate surface area is 123 Å². The van der Waals surface area contributed by atoms with E-state index < -0.39 is 0 Å². The zero-order valence-corrected chi connectivity index (χ0v) is 12.7. The smallest absolute Gasteiger partial charge is 0.223 e. The minimum Gasteiger partial charge on any atom is -0.370 e. The first-order chi connectivity index (χ1) is 9.67. The first-order valence-corrected chi connectivity index (χ1v) is 7.72. The molecule has 0 amide bonds. The van der Waals surface area contributed by atoms with Crippen molar-refractivity contribution < 1.29 is 0 Å². The van der Waals surface area contributed by atoms with E-state index in [1.807, 2.05) is 6.07 Å². The van der Waals surface area contributed by atoms with Crippen LogP contribution in [-0.4, -0.2) is 22.6 Å². The predicted molar refractivity (Wildman–Crippen MR) is 86.3 cm³/mol. The van der Waals surface area contributed by atoms with Crippen LogP contribution in [0.4, 0.5) is 17.6 Å². The Hall–Kier alpha value is -1.82. The van der Waals surface area contributed by atoms with E-state index >= 15 is 0 Å². The number of nitrogens with one attached hydrogen (secondary N) is 2. The SMILES string of the molecule is CCCNc1cc(NC(C)Cc2cccs2)nc(N)n1. The summed E-state index contributed by atoms with van der Waals surface area (Å²) in [5.41, 5.74) is 5.74. The van der Waals surface area contributed by atoms with E-state index in [1.165, 1.54) is 4.88 Å². The van der Waals surface area contributed by atoms with Crippen molar-refractivity contribution in [3.05, 3.63) is 28.5 Å². The molecule has 0 aliphatic carbocycles. The predicted octanol–water partition coefficient (Wildman–Crippen LogP) is 2.99. The van der Waals surface area contributed by atoms with Crippen LogP contribution in [0.1, 0.15) is 25.1 Å². The van der Waals surface area contributed by atoms with Gasteiger partial charge in [-0.1, -0.05) is 13.0 Å². The van der Waals surface area contributed by atoms with Crippen molar-refractivity contribution in [2.45, 2.75) is 32.7 Å². The van der Waals surface area contributed by atoms with Gasteiger partial charge in [0.05, 0.1) is 0 Å². The zero-order valence-electron chi connectivity index (χ0n) is 11.9.